The van der Waals surface area contributed by atoms with E-state index in [1.165, 1.54) is 0 Å². The lowest BCUT2D eigenvalue weighted by Crippen LogP contribution is -2.31. The standard InChI is InChI=1S/C12H24N2O3S/c1-4-16-9-10(2)17-8-6-12(15)14(3)7-5-11(13)18/h10H,4-9H2,1-3H3,(H2,13,18). The first-order valence-corrected chi connectivity index (χ1v) is 6.59. The van der Waals surface area contributed by atoms with Crippen LogP contribution in [0.4, 0.5) is 0 Å². The van der Waals surface area contributed by atoms with Gasteiger partial charge in [0.05, 0.1) is 30.7 Å². The Morgan fingerprint density at radius 1 is 1.44 bits per heavy atom. The Kier molecular flexibility index (Phi) is 9.82. The summed E-state index contributed by atoms with van der Waals surface area (Å²) in [5.41, 5.74) is 5.38. The predicted molar refractivity (Wildman–Crippen MR) is 75.6 cm³/mol. The molecule has 0 aromatic carbocycles. The Labute approximate surface area is 115 Å². The fraction of sp³-hybridized carbons (Fsp3) is 0.833. The van der Waals surface area contributed by atoms with Crippen LogP contribution in [-0.2, 0) is 14.3 Å². The zero-order valence-corrected chi connectivity index (χ0v) is 12.3. The molecule has 0 aromatic heterocycles. The van der Waals surface area contributed by atoms with Gasteiger partial charge in [0.1, 0.15) is 0 Å². The Hall–Kier alpha value is -0.720. The van der Waals surface area contributed by atoms with Crippen molar-refractivity contribution in [2.45, 2.75) is 32.8 Å². The Balaban J connectivity index is 3.65. The van der Waals surface area contributed by atoms with E-state index >= 15 is 0 Å². The highest BCUT2D eigenvalue weighted by atomic mass is 32.1. The molecule has 0 aromatic rings. The molecule has 18 heavy (non-hydrogen) atoms. The van der Waals surface area contributed by atoms with Crippen LogP contribution in [0.3, 0.4) is 0 Å². The van der Waals surface area contributed by atoms with Gasteiger partial charge >= 0.3 is 0 Å². The van der Waals surface area contributed by atoms with Crippen molar-refractivity contribution < 1.29 is 14.3 Å². The third kappa shape index (κ3) is 9.32. The summed E-state index contributed by atoms with van der Waals surface area (Å²) in [6.07, 6.45) is 0.934. The lowest BCUT2D eigenvalue weighted by molar-refractivity contribution is -0.131. The van der Waals surface area contributed by atoms with Crippen molar-refractivity contribution in [3.63, 3.8) is 0 Å². The normalized spacial score (nSPS) is 12.2. The number of ether oxygens (including phenoxy) is 2. The first-order chi connectivity index (χ1) is 8.47. The van der Waals surface area contributed by atoms with Crippen LogP contribution in [0.5, 0.6) is 0 Å². The average molecular weight is 276 g/mol. The molecule has 0 saturated carbocycles. The van der Waals surface area contributed by atoms with E-state index in [2.05, 4.69) is 0 Å². The summed E-state index contributed by atoms with van der Waals surface area (Å²) < 4.78 is 10.7. The van der Waals surface area contributed by atoms with Crippen LogP contribution in [0.25, 0.3) is 0 Å². The van der Waals surface area contributed by atoms with Gasteiger partial charge in [-0.25, -0.2) is 0 Å². The van der Waals surface area contributed by atoms with Gasteiger partial charge in [0.25, 0.3) is 0 Å². The second kappa shape index (κ2) is 10.2. The van der Waals surface area contributed by atoms with Gasteiger partial charge in [0.15, 0.2) is 0 Å². The van der Waals surface area contributed by atoms with Crippen molar-refractivity contribution in [1.29, 1.82) is 0 Å². The number of carbonyl (C=O) groups excluding carboxylic acids is 1. The molecular formula is C12H24N2O3S. The Bertz CT molecular complexity index is 262. The van der Waals surface area contributed by atoms with Crippen LogP contribution < -0.4 is 5.73 Å². The van der Waals surface area contributed by atoms with Gasteiger partial charge in [-0.1, -0.05) is 12.2 Å². The minimum atomic E-state index is 0.0136. The lowest BCUT2D eigenvalue weighted by atomic mass is 10.3. The Morgan fingerprint density at radius 2 is 2.11 bits per heavy atom. The Morgan fingerprint density at radius 3 is 2.67 bits per heavy atom. The van der Waals surface area contributed by atoms with E-state index in [4.69, 9.17) is 27.4 Å². The van der Waals surface area contributed by atoms with E-state index in [-0.39, 0.29) is 12.0 Å². The van der Waals surface area contributed by atoms with Crippen LogP contribution in [0.1, 0.15) is 26.7 Å². The van der Waals surface area contributed by atoms with E-state index in [1.54, 1.807) is 11.9 Å². The summed E-state index contributed by atoms with van der Waals surface area (Å²) in [6.45, 7) is 6.06. The van der Waals surface area contributed by atoms with E-state index in [0.29, 0.717) is 44.2 Å². The van der Waals surface area contributed by atoms with Crippen molar-refractivity contribution in [2.24, 2.45) is 5.73 Å². The smallest absolute Gasteiger partial charge is 0.224 e. The number of hydrogen-bond acceptors (Lipinski definition) is 4. The molecule has 0 saturated heterocycles. The van der Waals surface area contributed by atoms with Gasteiger partial charge < -0.3 is 20.1 Å². The SMILES string of the molecule is CCOCC(C)OCCC(=O)N(C)CCC(N)=S. The van der Waals surface area contributed by atoms with Crippen molar-refractivity contribution in [1.82, 2.24) is 4.90 Å². The minimum Gasteiger partial charge on any atom is -0.393 e. The molecule has 0 aliphatic heterocycles. The zero-order valence-electron chi connectivity index (χ0n) is 11.5. The molecule has 5 nitrogen and oxygen atoms in total. The third-order valence-corrected chi connectivity index (χ3v) is 2.60. The average Bonchev–Trinajstić information content (AvgIpc) is 2.33. The molecule has 6 heteroatoms. The largest absolute Gasteiger partial charge is 0.393 e. The molecule has 106 valence electrons. The topological polar surface area (TPSA) is 64.8 Å². The maximum Gasteiger partial charge on any atom is 0.224 e. The van der Waals surface area contributed by atoms with Gasteiger partial charge in [-0.05, 0) is 13.8 Å². The minimum absolute atomic E-state index is 0.0136. The highest BCUT2D eigenvalue weighted by Gasteiger charge is 2.10. The van der Waals surface area contributed by atoms with Crippen LogP contribution >= 0.6 is 12.2 Å². The van der Waals surface area contributed by atoms with Gasteiger partial charge in [-0.3, -0.25) is 4.79 Å². The molecule has 0 aliphatic rings. The highest BCUT2D eigenvalue weighted by Crippen LogP contribution is 1.98. The molecule has 0 radical (unpaired) electrons. The van der Waals surface area contributed by atoms with Crippen LogP contribution in [-0.4, -0.2) is 55.3 Å². The number of amides is 1. The number of thiocarbonyl (C=S) groups is 1. The summed E-state index contributed by atoms with van der Waals surface area (Å²) in [5, 5.41) is 0. The van der Waals surface area contributed by atoms with Crippen molar-refractivity contribution in [2.75, 3.05) is 33.4 Å². The fourth-order valence-electron chi connectivity index (χ4n) is 1.27. The van der Waals surface area contributed by atoms with Gasteiger partial charge in [0.2, 0.25) is 5.91 Å². The molecule has 0 heterocycles. The predicted octanol–water partition coefficient (Wildman–Crippen LogP) is 0.953. The second-order valence-corrected chi connectivity index (χ2v) is 4.65. The molecule has 1 atom stereocenters. The summed E-state index contributed by atoms with van der Waals surface area (Å²) in [4.78, 5) is 13.7. The maximum absolute atomic E-state index is 11.7. The van der Waals surface area contributed by atoms with Crippen LogP contribution in [0, 0.1) is 0 Å². The molecule has 1 amide bonds. The summed E-state index contributed by atoms with van der Waals surface area (Å²) in [7, 11) is 1.74. The summed E-state index contributed by atoms with van der Waals surface area (Å²) in [5.74, 6) is 0.0369. The highest BCUT2D eigenvalue weighted by molar-refractivity contribution is 7.80. The number of rotatable bonds is 10. The third-order valence-electron chi connectivity index (χ3n) is 2.39. The fourth-order valence-corrected chi connectivity index (χ4v) is 1.36. The number of hydrogen-bond donors (Lipinski definition) is 1. The molecular weight excluding hydrogens is 252 g/mol. The van der Waals surface area contributed by atoms with Gasteiger partial charge in [-0.2, -0.15) is 0 Å². The van der Waals surface area contributed by atoms with Gasteiger partial charge in [-0.15, -0.1) is 0 Å². The maximum atomic E-state index is 11.7. The van der Waals surface area contributed by atoms with E-state index < -0.39 is 0 Å². The summed E-state index contributed by atoms with van der Waals surface area (Å²) in [6, 6.07) is 0. The first kappa shape index (κ1) is 17.3. The molecule has 0 bridgehead atoms. The van der Waals surface area contributed by atoms with Gasteiger partial charge in [0, 0.05) is 26.6 Å². The monoisotopic (exact) mass is 276 g/mol. The van der Waals surface area contributed by atoms with E-state index in [1.807, 2.05) is 13.8 Å². The van der Waals surface area contributed by atoms with Crippen LogP contribution in [0.2, 0.25) is 0 Å². The number of carbonyl (C=O) groups is 1. The first-order valence-electron chi connectivity index (χ1n) is 6.19. The zero-order chi connectivity index (χ0) is 14.0. The quantitative estimate of drug-likeness (QED) is 0.602. The van der Waals surface area contributed by atoms with Crippen molar-refractivity contribution in [3.8, 4) is 0 Å². The second-order valence-electron chi connectivity index (χ2n) is 4.12. The molecule has 0 spiro atoms. The molecule has 0 rings (SSSR count). The molecule has 0 aliphatic carbocycles. The van der Waals surface area contributed by atoms with Crippen molar-refractivity contribution >= 4 is 23.1 Å². The van der Waals surface area contributed by atoms with Crippen molar-refractivity contribution in [3.05, 3.63) is 0 Å². The molecule has 2 N–H and O–H groups in total. The lowest BCUT2D eigenvalue weighted by Gasteiger charge is -2.18. The summed E-state index contributed by atoms with van der Waals surface area (Å²) >= 11 is 4.76. The van der Waals surface area contributed by atoms with E-state index in [9.17, 15) is 4.79 Å². The van der Waals surface area contributed by atoms with Crippen LogP contribution in [0.15, 0.2) is 0 Å². The van der Waals surface area contributed by atoms with E-state index in [0.717, 1.165) is 0 Å². The number of nitrogens with zero attached hydrogens (tertiary/aromatic N) is 1. The number of nitrogens with two attached hydrogens (primary N) is 1. The molecule has 1 unspecified atom stereocenters. The molecule has 0 fully saturated rings.